The summed E-state index contributed by atoms with van der Waals surface area (Å²) in [6.45, 7) is 4.28. The molecule has 1 aliphatic rings. The summed E-state index contributed by atoms with van der Waals surface area (Å²) in [4.78, 5) is 73.9. The van der Waals surface area contributed by atoms with E-state index in [9.17, 15) is 46.2 Å². The molecule has 28 heteroatoms. The Kier molecular flexibility index (Phi) is 14.8. The van der Waals surface area contributed by atoms with Crippen LogP contribution in [0.2, 0.25) is 0 Å². The number of alkyl halides is 3. The molecule has 1 fully saturated rings. The van der Waals surface area contributed by atoms with Crippen LogP contribution < -0.4 is 10.9 Å². The van der Waals surface area contributed by atoms with Gasteiger partial charge in [0.1, 0.15) is 18.3 Å². The molecular formula is C24H34F3N6O14P3S2. The minimum Gasteiger partial charge on any atom is -0.369 e. The number of aliphatic imine (C=N–C) groups is 1. The van der Waals surface area contributed by atoms with Crippen molar-refractivity contribution in [1.29, 1.82) is 0 Å². The summed E-state index contributed by atoms with van der Waals surface area (Å²) >= 11 is 0. The summed E-state index contributed by atoms with van der Waals surface area (Å²) in [5, 5.41) is 1.46. The fourth-order valence-electron chi connectivity index (χ4n) is 4.04. The second kappa shape index (κ2) is 17.5. The lowest BCUT2D eigenvalue weighted by atomic mass is 10.2. The predicted octanol–water partition coefficient (Wildman–Crippen LogP) is 3.13. The van der Waals surface area contributed by atoms with Crippen LogP contribution in [0.25, 0.3) is 11.0 Å². The lowest BCUT2D eigenvalue weighted by molar-refractivity contribution is -0.173. The smallest absolute Gasteiger partial charge is 0.369 e. The van der Waals surface area contributed by atoms with Gasteiger partial charge in [0.2, 0.25) is 5.95 Å². The predicted molar refractivity (Wildman–Crippen MR) is 181 cm³/mol. The maximum absolute atomic E-state index is 13.2. The molecule has 6 N–H and O–H groups in total. The van der Waals surface area contributed by atoms with Crippen molar-refractivity contribution < 1.29 is 73.9 Å². The van der Waals surface area contributed by atoms with Crippen LogP contribution in [0.3, 0.4) is 0 Å². The molecule has 0 bridgehead atoms. The van der Waals surface area contributed by atoms with Crippen molar-refractivity contribution in [2.45, 2.75) is 56.6 Å². The van der Waals surface area contributed by atoms with Crippen molar-refractivity contribution in [3.63, 3.8) is 0 Å². The monoisotopic (exact) mass is 844 g/mol. The number of carbonyl (C=O) groups is 1. The van der Waals surface area contributed by atoms with Gasteiger partial charge in [-0.25, -0.2) is 18.7 Å². The molecule has 0 spiro atoms. The van der Waals surface area contributed by atoms with Crippen molar-refractivity contribution in [1.82, 2.24) is 24.8 Å². The maximum atomic E-state index is 13.2. The largest absolute Gasteiger partial charge is 0.490 e. The number of phosphoric acid groups is 3. The van der Waals surface area contributed by atoms with Crippen LogP contribution in [0.1, 0.15) is 39.0 Å². The number of nitrogens with one attached hydrogen (secondary N) is 2. The number of carbonyl (C=O) groups excluding carboxylic acids is 1. The number of fused-ring (bicyclic) bond motifs is 1. The number of amides is 1. The number of aromatic amines is 1. The molecule has 2 aromatic rings. The van der Waals surface area contributed by atoms with Crippen molar-refractivity contribution in [2.75, 3.05) is 33.2 Å². The summed E-state index contributed by atoms with van der Waals surface area (Å²) in [6, 6.07) is 0. The van der Waals surface area contributed by atoms with Crippen molar-refractivity contribution in [3.8, 4) is 11.8 Å². The number of rotatable bonds is 15. The van der Waals surface area contributed by atoms with Crippen LogP contribution >= 0.6 is 45.1 Å². The molecule has 0 radical (unpaired) electrons. The molecule has 52 heavy (non-hydrogen) atoms. The Morgan fingerprint density at radius 3 is 2.48 bits per heavy atom. The Labute approximate surface area is 301 Å². The first-order chi connectivity index (χ1) is 23.8. The Morgan fingerprint density at radius 1 is 1.21 bits per heavy atom. The highest BCUT2D eigenvalue weighted by atomic mass is 33.1. The van der Waals surface area contributed by atoms with Crippen LogP contribution in [0.4, 0.5) is 19.1 Å². The number of phosphoric ester groups is 1. The average Bonchev–Trinajstić information content (AvgIpc) is 3.53. The third-order valence-electron chi connectivity index (χ3n) is 5.85. The highest BCUT2D eigenvalue weighted by molar-refractivity contribution is 8.77. The maximum Gasteiger partial charge on any atom is 0.490 e. The average molecular weight is 845 g/mol. The van der Waals surface area contributed by atoms with E-state index in [0.717, 1.165) is 0 Å². The van der Waals surface area contributed by atoms with Crippen molar-refractivity contribution in [3.05, 3.63) is 22.1 Å². The normalized spacial score (nSPS) is 20.7. The van der Waals surface area contributed by atoms with Gasteiger partial charge in [0, 0.05) is 31.5 Å². The van der Waals surface area contributed by atoms with Crippen molar-refractivity contribution >= 4 is 74.3 Å². The number of aromatic nitrogens is 3. The first-order valence-electron chi connectivity index (χ1n) is 14.3. The lowest BCUT2D eigenvalue weighted by Crippen LogP contribution is -2.36. The van der Waals surface area contributed by atoms with E-state index in [1.54, 1.807) is 24.3 Å². The Balaban J connectivity index is 1.98. The third kappa shape index (κ3) is 14.2. The number of hydrogen-bond donors (Lipinski definition) is 6. The van der Waals surface area contributed by atoms with E-state index < -0.39 is 72.7 Å². The van der Waals surface area contributed by atoms with E-state index in [-0.39, 0.29) is 39.7 Å². The van der Waals surface area contributed by atoms with Gasteiger partial charge in [-0.3, -0.25) is 19.1 Å². The molecule has 3 heterocycles. The molecule has 1 saturated heterocycles. The fraction of sp³-hybridized carbons (Fsp3) is 0.583. The third-order valence-corrected chi connectivity index (χ3v) is 12.6. The van der Waals surface area contributed by atoms with Crippen LogP contribution in [0, 0.1) is 11.8 Å². The van der Waals surface area contributed by atoms with Gasteiger partial charge in [-0.15, -0.1) is 0 Å². The molecule has 292 valence electrons. The van der Waals surface area contributed by atoms with Crippen LogP contribution in [-0.4, -0.2) is 108 Å². The van der Waals surface area contributed by atoms with Crippen molar-refractivity contribution in [2.24, 2.45) is 4.99 Å². The van der Waals surface area contributed by atoms with Gasteiger partial charge in [-0.1, -0.05) is 54.2 Å². The van der Waals surface area contributed by atoms with E-state index >= 15 is 0 Å². The van der Waals surface area contributed by atoms with E-state index in [2.05, 4.69) is 35.4 Å². The Hall–Kier alpha value is -2.26. The zero-order valence-corrected chi connectivity index (χ0v) is 32.0. The molecule has 5 atom stereocenters. The standard InChI is InChI=1S/C24H34F3N6O14P3S2/c1-23(2,3)52-51-13-43-15-9-17(45-16(15)11-44-49(39,40)47-50(41,42)46-48(36,37)38)33-10-14(7-6-8-28-21(35)24(25,26)27)18-19(33)30-22(31-20(18)34)29-12-32(4)5/h10,12,15-17H,8-9,11,13H2,1-5H3,(H,28,35)(H,39,40)(H,41,42)(H,30,31,34)(H2,36,37,38)/b29-12-/t15?,16-,17-/m1/s1. The van der Waals surface area contributed by atoms with Gasteiger partial charge in [0.05, 0.1) is 36.5 Å². The lowest BCUT2D eigenvalue weighted by Gasteiger charge is -2.22. The molecule has 20 nitrogen and oxygen atoms in total. The molecule has 0 saturated carbocycles. The second-order valence-corrected chi connectivity index (χ2v) is 19.1. The summed E-state index contributed by atoms with van der Waals surface area (Å²) in [5.74, 6) is 2.54. The highest BCUT2D eigenvalue weighted by Gasteiger charge is 2.44. The molecule has 3 rings (SSSR count). The molecular weight excluding hydrogens is 810 g/mol. The van der Waals surface area contributed by atoms with Crippen LogP contribution in [0.5, 0.6) is 0 Å². The van der Waals surface area contributed by atoms with Crippen LogP contribution in [-0.2, 0) is 41.1 Å². The van der Waals surface area contributed by atoms with E-state index in [0.29, 0.717) is 0 Å². The Bertz CT molecular complexity index is 1910. The van der Waals surface area contributed by atoms with Gasteiger partial charge in [0.15, 0.2) is 5.65 Å². The first kappa shape index (κ1) is 44.1. The van der Waals surface area contributed by atoms with Gasteiger partial charge in [-0.05, 0) is 0 Å². The zero-order valence-electron chi connectivity index (χ0n) is 27.7. The first-order valence-corrected chi connectivity index (χ1v) is 21.1. The highest BCUT2D eigenvalue weighted by Crippen LogP contribution is 2.66. The van der Waals surface area contributed by atoms with Gasteiger partial charge in [-0.2, -0.15) is 26.8 Å². The molecule has 2 aromatic heterocycles. The zero-order chi connectivity index (χ0) is 39.3. The summed E-state index contributed by atoms with van der Waals surface area (Å²) < 4.78 is 98.5. The number of H-pyrrole nitrogens is 1. The summed E-state index contributed by atoms with van der Waals surface area (Å²) in [7, 11) is -10.9. The van der Waals surface area contributed by atoms with E-state index in [1.807, 2.05) is 20.8 Å². The van der Waals surface area contributed by atoms with E-state index in [1.165, 1.54) is 38.7 Å². The summed E-state index contributed by atoms with van der Waals surface area (Å²) in [5.41, 5.74) is -0.847. The molecule has 0 aliphatic carbocycles. The number of hydrogen-bond acceptors (Lipinski definition) is 14. The quantitative estimate of drug-likeness (QED) is 0.0286. The topological polar surface area (TPSA) is 274 Å². The SMILES string of the molecule is CN(C)/C=N\c1nc2c(c(C#CCNC(=O)C(F)(F)F)cn2[C@H]2CC(OCSSC(C)(C)C)[C@@H](COP(=O)(O)OP(=O)(O)OP(=O)(O)O)O2)c(=O)[nH]1. The minimum absolute atomic E-state index is 0.0388. The number of ether oxygens (including phenoxy) is 2. The molecule has 3 unspecified atom stereocenters. The van der Waals surface area contributed by atoms with E-state index in [4.69, 9.17) is 23.8 Å². The van der Waals surface area contributed by atoms with Gasteiger partial charge >= 0.3 is 35.6 Å². The molecule has 1 amide bonds. The van der Waals surface area contributed by atoms with Crippen LogP contribution in [0.15, 0.2) is 16.0 Å². The fourth-order valence-corrected chi connectivity index (χ4v) is 9.07. The second-order valence-electron chi connectivity index (χ2n) is 11.6. The molecule has 1 aliphatic heterocycles. The Morgan fingerprint density at radius 2 is 1.88 bits per heavy atom. The summed E-state index contributed by atoms with van der Waals surface area (Å²) in [6.07, 6.45) is -5.84. The van der Waals surface area contributed by atoms with Gasteiger partial charge in [0.25, 0.3) is 5.56 Å². The number of halogens is 3. The van der Waals surface area contributed by atoms with Gasteiger partial charge < -0.3 is 43.8 Å². The number of nitrogens with zero attached hydrogens (tertiary/aromatic N) is 4. The molecule has 0 aromatic carbocycles. The minimum atomic E-state index is -5.81.